The Morgan fingerprint density at radius 3 is 2.59 bits per heavy atom. The number of pyridine rings is 1. The van der Waals surface area contributed by atoms with Crippen LogP contribution in [0.15, 0.2) is 79.1 Å². The molecule has 0 unspecified atom stereocenters. The number of aromatic nitrogens is 5. The molecule has 0 aliphatic carbocycles. The summed E-state index contributed by atoms with van der Waals surface area (Å²) in [4.78, 5) is 23.7. The lowest BCUT2D eigenvalue weighted by Gasteiger charge is -2.04. The average molecular weight is 398 g/mol. The highest BCUT2D eigenvalue weighted by atomic mass is 32.1. The van der Waals surface area contributed by atoms with Crippen molar-refractivity contribution in [2.45, 2.75) is 0 Å². The molecule has 140 valence electrons. The molecule has 0 bridgehead atoms. The first-order chi connectivity index (χ1) is 14.3. The second kappa shape index (κ2) is 7.25. The summed E-state index contributed by atoms with van der Waals surface area (Å²) in [7, 11) is 0. The summed E-state index contributed by atoms with van der Waals surface area (Å²) in [5.41, 5.74) is 3.57. The van der Waals surface area contributed by atoms with Crippen LogP contribution in [-0.2, 0) is 0 Å². The zero-order chi connectivity index (χ0) is 19.6. The highest BCUT2D eigenvalue weighted by Crippen LogP contribution is 2.29. The normalized spacial score (nSPS) is 10.9. The van der Waals surface area contributed by atoms with Crippen molar-refractivity contribution in [2.24, 2.45) is 0 Å². The molecular formula is C21H14N6OS. The standard InChI is InChI=1S/C21H14N6OS/c28-19(18-13-23-27(26-18)16-5-2-1-3-6-16)24-15-10-8-14(9-11-15)20-25-17-7-4-12-22-21(17)29-20/h1-13H,(H,24,28). The molecule has 0 saturated heterocycles. The van der Waals surface area contributed by atoms with Crippen LogP contribution < -0.4 is 5.32 Å². The van der Waals surface area contributed by atoms with Gasteiger partial charge in [0.25, 0.3) is 5.91 Å². The number of nitrogens with one attached hydrogen (secondary N) is 1. The lowest BCUT2D eigenvalue weighted by atomic mass is 10.2. The zero-order valence-electron chi connectivity index (χ0n) is 15.1. The van der Waals surface area contributed by atoms with Crippen LogP contribution in [0.4, 0.5) is 5.69 Å². The molecule has 7 nitrogen and oxygen atoms in total. The molecule has 1 amide bonds. The molecule has 0 fully saturated rings. The highest BCUT2D eigenvalue weighted by Gasteiger charge is 2.12. The smallest absolute Gasteiger partial charge is 0.277 e. The van der Waals surface area contributed by atoms with Crippen molar-refractivity contribution in [3.05, 3.63) is 84.8 Å². The zero-order valence-corrected chi connectivity index (χ0v) is 15.9. The Morgan fingerprint density at radius 2 is 1.79 bits per heavy atom. The summed E-state index contributed by atoms with van der Waals surface area (Å²) >= 11 is 1.54. The SMILES string of the molecule is O=C(Nc1ccc(-c2nc3cccnc3s2)cc1)c1cnn(-c2ccccc2)n1. The van der Waals surface area contributed by atoms with Gasteiger partial charge in [-0.25, -0.2) is 9.97 Å². The summed E-state index contributed by atoms with van der Waals surface area (Å²) in [5.74, 6) is -0.316. The van der Waals surface area contributed by atoms with E-state index in [1.54, 1.807) is 6.20 Å². The summed E-state index contributed by atoms with van der Waals surface area (Å²) < 4.78 is 0. The van der Waals surface area contributed by atoms with Crippen molar-refractivity contribution in [3.63, 3.8) is 0 Å². The third kappa shape index (κ3) is 3.48. The summed E-state index contributed by atoms with van der Waals surface area (Å²) in [6.45, 7) is 0. The van der Waals surface area contributed by atoms with Crippen LogP contribution in [0.1, 0.15) is 10.5 Å². The van der Waals surface area contributed by atoms with Gasteiger partial charge < -0.3 is 5.32 Å². The molecule has 5 rings (SSSR count). The Kier molecular flexibility index (Phi) is 4.30. The van der Waals surface area contributed by atoms with Gasteiger partial charge in [-0.2, -0.15) is 9.90 Å². The number of amides is 1. The van der Waals surface area contributed by atoms with E-state index in [1.165, 1.54) is 22.3 Å². The average Bonchev–Trinajstić information content (AvgIpc) is 3.42. The van der Waals surface area contributed by atoms with Gasteiger partial charge in [-0.05, 0) is 48.5 Å². The number of benzene rings is 2. The quantitative estimate of drug-likeness (QED) is 0.491. The molecule has 5 aromatic rings. The van der Waals surface area contributed by atoms with Gasteiger partial charge in [0.15, 0.2) is 5.69 Å². The minimum Gasteiger partial charge on any atom is -0.321 e. The van der Waals surface area contributed by atoms with Crippen LogP contribution in [-0.4, -0.2) is 30.9 Å². The number of nitrogens with zero attached hydrogens (tertiary/aromatic N) is 5. The van der Waals surface area contributed by atoms with Gasteiger partial charge in [-0.3, -0.25) is 4.79 Å². The number of thiazole rings is 1. The third-order valence-electron chi connectivity index (χ3n) is 4.27. The maximum atomic E-state index is 12.5. The number of para-hydroxylation sites is 1. The van der Waals surface area contributed by atoms with E-state index in [-0.39, 0.29) is 11.6 Å². The second-order valence-corrected chi connectivity index (χ2v) is 7.21. The molecule has 0 spiro atoms. The molecule has 1 N–H and O–H groups in total. The fraction of sp³-hybridized carbons (Fsp3) is 0. The first-order valence-electron chi connectivity index (χ1n) is 8.87. The molecule has 0 aliphatic rings. The number of carbonyl (C=O) groups excluding carboxylic acids is 1. The number of hydrogen-bond donors (Lipinski definition) is 1. The van der Waals surface area contributed by atoms with Gasteiger partial charge in [0.1, 0.15) is 15.4 Å². The molecule has 8 heteroatoms. The van der Waals surface area contributed by atoms with Crippen LogP contribution in [0.3, 0.4) is 0 Å². The van der Waals surface area contributed by atoms with Crippen LogP contribution >= 0.6 is 11.3 Å². The van der Waals surface area contributed by atoms with Crippen LogP contribution in [0.5, 0.6) is 0 Å². The second-order valence-electron chi connectivity index (χ2n) is 6.23. The summed E-state index contributed by atoms with van der Waals surface area (Å²) in [6.07, 6.45) is 3.21. The van der Waals surface area contributed by atoms with Crippen molar-refractivity contribution in [1.82, 2.24) is 25.0 Å². The molecule has 2 aromatic carbocycles. The van der Waals surface area contributed by atoms with Crippen molar-refractivity contribution < 1.29 is 4.79 Å². The van der Waals surface area contributed by atoms with Crippen LogP contribution in [0, 0.1) is 0 Å². The van der Waals surface area contributed by atoms with Crippen molar-refractivity contribution >= 4 is 33.3 Å². The highest BCUT2D eigenvalue weighted by molar-refractivity contribution is 7.21. The Balaban J connectivity index is 1.32. The first kappa shape index (κ1) is 17.2. The first-order valence-corrected chi connectivity index (χ1v) is 9.69. The molecule has 0 atom stereocenters. The van der Waals surface area contributed by atoms with Gasteiger partial charge in [0, 0.05) is 17.4 Å². The lowest BCUT2D eigenvalue weighted by Crippen LogP contribution is -2.13. The number of carbonyl (C=O) groups is 1. The van der Waals surface area contributed by atoms with E-state index in [1.807, 2.05) is 66.7 Å². The van der Waals surface area contributed by atoms with Gasteiger partial charge in [-0.15, -0.1) is 5.10 Å². The molecule has 29 heavy (non-hydrogen) atoms. The van der Waals surface area contributed by atoms with E-state index in [0.29, 0.717) is 5.69 Å². The fourth-order valence-electron chi connectivity index (χ4n) is 2.84. The molecular weight excluding hydrogens is 384 g/mol. The van der Waals surface area contributed by atoms with E-state index < -0.39 is 0 Å². The van der Waals surface area contributed by atoms with Crippen molar-refractivity contribution in [3.8, 4) is 16.3 Å². The molecule has 0 saturated carbocycles. The fourth-order valence-corrected chi connectivity index (χ4v) is 3.75. The predicted octanol–water partition coefficient (Wildman–Crippen LogP) is 4.19. The number of anilines is 1. The van der Waals surface area contributed by atoms with Gasteiger partial charge >= 0.3 is 0 Å². The minimum absolute atomic E-state index is 0.246. The van der Waals surface area contributed by atoms with E-state index in [9.17, 15) is 4.79 Å². The lowest BCUT2D eigenvalue weighted by molar-refractivity contribution is 0.102. The van der Waals surface area contributed by atoms with Crippen molar-refractivity contribution in [2.75, 3.05) is 5.32 Å². The Hall–Kier alpha value is -3.91. The minimum atomic E-state index is -0.316. The Morgan fingerprint density at radius 1 is 0.966 bits per heavy atom. The summed E-state index contributed by atoms with van der Waals surface area (Å²) in [6, 6.07) is 20.8. The maximum Gasteiger partial charge on any atom is 0.277 e. The predicted molar refractivity (Wildman–Crippen MR) is 112 cm³/mol. The van der Waals surface area contributed by atoms with Crippen LogP contribution in [0.25, 0.3) is 26.6 Å². The number of rotatable bonds is 4. The Bertz CT molecular complexity index is 1260. The maximum absolute atomic E-state index is 12.5. The Labute approximate surface area is 169 Å². The third-order valence-corrected chi connectivity index (χ3v) is 5.30. The van der Waals surface area contributed by atoms with Gasteiger partial charge in [-0.1, -0.05) is 29.5 Å². The van der Waals surface area contributed by atoms with E-state index in [0.717, 1.165) is 26.6 Å². The van der Waals surface area contributed by atoms with Crippen molar-refractivity contribution in [1.29, 1.82) is 0 Å². The monoisotopic (exact) mass is 398 g/mol. The number of fused-ring (bicyclic) bond motifs is 1. The molecule has 0 radical (unpaired) electrons. The largest absolute Gasteiger partial charge is 0.321 e. The summed E-state index contributed by atoms with van der Waals surface area (Å²) in [5, 5.41) is 12.1. The number of hydrogen-bond acceptors (Lipinski definition) is 6. The topological polar surface area (TPSA) is 85.6 Å². The van der Waals surface area contributed by atoms with Crippen LogP contribution in [0.2, 0.25) is 0 Å². The molecule has 0 aliphatic heterocycles. The molecule has 3 aromatic heterocycles. The van der Waals surface area contributed by atoms with E-state index in [4.69, 9.17) is 0 Å². The van der Waals surface area contributed by atoms with Gasteiger partial charge in [0.2, 0.25) is 0 Å². The van der Waals surface area contributed by atoms with E-state index >= 15 is 0 Å². The molecule has 3 heterocycles. The van der Waals surface area contributed by atoms with E-state index in [2.05, 4.69) is 25.5 Å². The van der Waals surface area contributed by atoms with Gasteiger partial charge in [0.05, 0.1) is 11.9 Å².